The molecule has 0 heterocycles. The number of nitrogens with two attached hydrogens (primary N) is 1. The number of benzene rings is 2. The van der Waals surface area contributed by atoms with Crippen molar-refractivity contribution in [2.75, 3.05) is 5.73 Å². The Labute approximate surface area is 99.8 Å². The fourth-order valence-electron chi connectivity index (χ4n) is 1.61. The molecule has 1 atom stereocenters. The number of nitrogen functional groups attached to an aromatic ring is 1. The van der Waals surface area contributed by atoms with Gasteiger partial charge in [-0.25, -0.2) is 4.39 Å². The molecule has 0 radical (unpaired) electrons. The average molecular weight is 231 g/mol. The van der Waals surface area contributed by atoms with E-state index in [0.717, 1.165) is 5.56 Å². The maximum absolute atomic E-state index is 13.4. The SMILES string of the molecule is CC(Oc1ccccc1F)c1cccc(N)c1. The first-order valence-electron chi connectivity index (χ1n) is 5.43. The standard InChI is InChI=1S/C14H14FNO/c1-10(11-5-4-6-12(16)9-11)17-14-8-3-2-7-13(14)15/h2-10H,16H2,1H3. The van der Waals surface area contributed by atoms with Crippen LogP contribution in [0.2, 0.25) is 0 Å². The van der Waals surface area contributed by atoms with E-state index in [0.29, 0.717) is 5.69 Å². The highest BCUT2D eigenvalue weighted by Gasteiger charge is 2.10. The molecule has 2 N–H and O–H groups in total. The van der Waals surface area contributed by atoms with Crippen molar-refractivity contribution in [1.29, 1.82) is 0 Å². The Hall–Kier alpha value is -2.03. The molecule has 0 saturated heterocycles. The average Bonchev–Trinajstić information content (AvgIpc) is 2.32. The zero-order valence-electron chi connectivity index (χ0n) is 9.56. The fraction of sp³-hybridized carbons (Fsp3) is 0.143. The van der Waals surface area contributed by atoms with Crippen LogP contribution in [0.5, 0.6) is 5.75 Å². The maximum atomic E-state index is 13.4. The molecule has 2 aromatic rings. The Kier molecular flexibility index (Phi) is 3.28. The Morgan fingerprint density at radius 3 is 2.59 bits per heavy atom. The van der Waals surface area contributed by atoms with Gasteiger partial charge in [0.15, 0.2) is 11.6 Å². The number of para-hydroxylation sites is 1. The van der Waals surface area contributed by atoms with Crippen molar-refractivity contribution < 1.29 is 9.13 Å². The van der Waals surface area contributed by atoms with Crippen molar-refractivity contribution in [1.82, 2.24) is 0 Å². The minimum absolute atomic E-state index is 0.240. The smallest absolute Gasteiger partial charge is 0.165 e. The molecule has 2 rings (SSSR count). The largest absolute Gasteiger partial charge is 0.483 e. The van der Waals surface area contributed by atoms with Crippen LogP contribution in [0.3, 0.4) is 0 Å². The van der Waals surface area contributed by atoms with Crippen molar-refractivity contribution in [2.24, 2.45) is 0 Å². The lowest BCUT2D eigenvalue weighted by Crippen LogP contribution is -2.04. The molecular formula is C14H14FNO. The fourth-order valence-corrected chi connectivity index (χ4v) is 1.61. The predicted octanol–water partition coefficient (Wildman–Crippen LogP) is 3.55. The molecule has 0 spiro atoms. The van der Waals surface area contributed by atoms with Crippen LogP contribution in [-0.2, 0) is 0 Å². The van der Waals surface area contributed by atoms with E-state index in [1.807, 2.05) is 25.1 Å². The van der Waals surface area contributed by atoms with Crippen molar-refractivity contribution in [3.05, 3.63) is 59.9 Å². The van der Waals surface area contributed by atoms with E-state index in [9.17, 15) is 4.39 Å². The van der Waals surface area contributed by atoms with E-state index < -0.39 is 0 Å². The molecular weight excluding hydrogens is 217 g/mol. The summed E-state index contributed by atoms with van der Waals surface area (Å²) in [5.41, 5.74) is 7.29. The second-order valence-corrected chi connectivity index (χ2v) is 3.86. The Bertz CT molecular complexity index is 513. The van der Waals surface area contributed by atoms with Gasteiger partial charge in [0.1, 0.15) is 6.10 Å². The summed E-state index contributed by atoms with van der Waals surface area (Å²) in [4.78, 5) is 0. The summed E-state index contributed by atoms with van der Waals surface area (Å²) in [6, 6.07) is 13.7. The molecule has 17 heavy (non-hydrogen) atoms. The van der Waals surface area contributed by atoms with Crippen molar-refractivity contribution >= 4 is 5.69 Å². The van der Waals surface area contributed by atoms with Gasteiger partial charge in [0.2, 0.25) is 0 Å². The first kappa shape index (κ1) is 11.5. The van der Waals surface area contributed by atoms with Crippen LogP contribution in [-0.4, -0.2) is 0 Å². The quantitative estimate of drug-likeness (QED) is 0.820. The van der Waals surface area contributed by atoms with Gasteiger partial charge < -0.3 is 10.5 Å². The van der Waals surface area contributed by atoms with Gasteiger partial charge in [-0.15, -0.1) is 0 Å². The first-order chi connectivity index (χ1) is 8.16. The van der Waals surface area contributed by atoms with Crippen molar-refractivity contribution in [3.8, 4) is 5.75 Å². The third-order valence-electron chi connectivity index (χ3n) is 2.52. The normalized spacial score (nSPS) is 12.1. The molecule has 0 aromatic heterocycles. The van der Waals surface area contributed by atoms with Crippen molar-refractivity contribution in [2.45, 2.75) is 13.0 Å². The summed E-state index contributed by atoms with van der Waals surface area (Å²) in [7, 11) is 0. The van der Waals surface area contributed by atoms with E-state index in [4.69, 9.17) is 10.5 Å². The molecule has 0 bridgehead atoms. The Morgan fingerprint density at radius 1 is 1.12 bits per heavy atom. The van der Waals surface area contributed by atoms with Gasteiger partial charge in [0, 0.05) is 5.69 Å². The zero-order chi connectivity index (χ0) is 12.3. The minimum Gasteiger partial charge on any atom is -0.483 e. The Balaban J connectivity index is 2.17. The summed E-state index contributed by atoms with van der Waals surface area (Å²) in [6.07, 6.45) is -0.240. The number of rotatable bonds is 3. The molecule has 2 aromatic carbocycles. The number of hydrogen-bond acceptors (Lipinski definition) is 2. The lowest BCUT2D eigenvalue weighted by Gasteiger charge is -2.15. The molecule has 0 aliphatic rings. The first-order valence-corrected chi connectivity index (χ1v) is 5.43. The molecule has 0 fully saturated rings. The van der Waals surface area contributed by atoms with E-state index in [1.54, 1.807) is 24.3 Å². The predicted molar refractivity (Wildman–Crippen MR) is 66.3 cm³/mol. The third kappa shape index (κ3) is 2.75. The maximum Gasteiger partial charge on any atom is 0.165 e. The second kappa shape index (κ2) is 4.87. The number of anilines is 1. The van der Waals surface area contributed by atoms with Crippen LogP contribution in [0, 0.1) is 5.82 Å². The lowest BCUT2D eigenvalue weighted by atomic mass is 10.1. The van der Waals surface area contributed by atoms with Gasteiger partial charge in [-0.05, 0) is 36.8 Å². The molecule has 0 aliphatic carbocycles. The van der Waals surface area contributed by atoms with Gasteiger partial charge in [0.05, 0.1) is 0 Å². The number of halogens is 1. The van der Waals surface area contributed by atoms with Crippen LogP contribution in [0.1, 0.15) is 18.6 Å². The second-order valence-electron chi connectivity index (χ2n) is 3.86. The van der Waals surface area contributed by atoms with Crippen LogP contribution < -0.4 is 10.5 Å². The Morgan fingerprint density at radius 2 is 1.88 bits per heavy atom. The molecule has 88 valence electrons. The van der Waals surface area contributed by atoms with Crippen LogP contribution >= 0.6 is 0 Å². The van der Waals surface area contributed by atoms with Gasteiger partial charge in [-0.2, -0.15) is 0 Å². The molecule has 0 amide bonds. The van der Waals surface area contributed by atoms with Crippen LogP contribution in [0.4, 0.5) is 10.1 Å². The van der Waals surface area contributed by atoms with Gasteiger partial charge in [0.25, 0.3) is 0 Å². The molecule has 1 unspecified atom stereocenters. The molecule has 2 nitrogen and oxygen atoms in total. The highest BCUT2D eigenvalue weighted by Crippen LogP contribution is 2.24. The molecule has 0 saturated carbocycles. The minimum atomic E-state index is -0.358. The van der Waals surface area contributed by atoms with Crippen LogP contribution in [0.15, 0.2) is 48.5 Å². The van der Waals surface area contributed by atoms with E-state index in [-0.39, 0.29) is 17.7 Å². The zero-order valence-corrected chi connectivity index (χ0v) is 9.56. The summed E-state index contributed by atoms with van der Waals surface area (Å²) < 4.78 is 19.0. The van der Waals surface area contributed by atoms with Crippen LogP contribution in [0.25, 0.3) is 0 Å². The molecule has 0 aliphatic heterocycles. The highest BCUT2D eigenvalue weighted by molar-refractivity contribution is 5.41. The number of ether oxygens (including phenoxy) is 1. The van der Waals surface area contributed by atoms with Gasteiger partial charge >= 0.3 is 0 Å². The number of hydrogen-bond donors (Lipinski definition) is 1. The topological polar surface area (TPSA) is 35.2 Å². The summed E-state index contributed by atoms with van der Waals surface area (Å²) in [5, 5.41) is 0. The summed E-state index contributed by atoms with van der Waals surface area (Å²) in [5.74, 6) is -0.106. The third-order valence-corrected chi connectivity index (χ3v) is 2.52. The summed E-state index contributed by atoms with van der Waals surface area (Å²) >= 11 is 0. The van der Waals surface area contributed by atoms with E-state index >= 15 is 0 Å². The van der Waals surface area contributed by atoms with Gasteiger partial charge in [-0.3, -0.25) is 0 Å². The monoisotopic (exact) mass is 231 g/mol. The van der Waals surface area contributed by atoms with Gasteiger partial charge in [-0.1, -0.05) is 24.3 Å². The summed E-state index contributed by atoms with van der Waals surface area (Å²) in [6.45, 7) is 1.86. The lowest BCUT2D eigenvalue weighted by molar-refractivity contribution is 0.216. The van der Waals surface area contributed by atoms with E-state index in [1.165, 1.54) is 6.07 Å². The van der Waals surface area contributed by atoms with E-state index in [2.05, 4.69) is 0 Å². The highest BCUT2D eigenvalue weighted by atomic mass is 19.1. The van der Waals surface area contributed by atoms with Crippen molar-refractivity contribution in [3.63, 3.8) is 0 Å². The molecule has 3 heteroatoms.